The molecule has 7 nitrogen and oxygen atoms in total. The summed E-state index contributed by atoms with van der Waals surface area (Å²) in [4.78, 5) is 24.5. The Morgan fingerprint density at radius 2 is 1.59 bits per heavy atom. The average molecular weight is 401 g/mol. The molecule has 2 aromatic carbocycles. The van der Waals surface area contributed by atoms with Crippen molar-refractivity contribution in [1.29, 1.82) is 0 Å². The Bertz CT molecular complexity index is 864. The van der Waals surface area contributed by atoms with Gasteiger partial charge in [-0.05, 0) is 37.6 Å². The minimum atomic E-state index is -0.918. The summed E-state index contributed by atoms with van der Waals surface area (Å²) in [6.45, 7) is 3.74. The Kier molecular flexibility index (Phi) is 7.88. The zero-order valence-corrected chi connectivity index (χ0v) is 17.4. The molecule has 1 atom stereocenters. The second-order valence-electron chi connectivity index (χ2n) is 6.53. The van der Waals surface area contributed by atoms with Crippen molar-refractivity contribution >= 4 is 11.9 Å². The van der Waals surface area contributed by atoms with E-state index in [-0.39, 0.29) is 18.9 Å². The molecule has 0 fully saturated rings. The molecule has 0 radical (unpaired) electrons. The van der Waals surface area contributed by atoms with Gasteiger partial charge in [0.05, 0.1) is 27.8 Å². The lowest BCUT2D eigenvalue weighted by atomic mass is 10.1. The third-order valence-electron chi connectivity index (χ3n) is 4.36. The van der Waals surface area contributed by atoms with E-state index in [1.54, 1.807) is 39.5 Å². The van der Waals surface area contributed by atoms with Gasteiger partial charge in [-0.25, -0.2) is 0 Å². The summed E-state index contributed by atoms with van der Waals surface area (Å²) < 4.78 is 21.0. The second-order valence-corrected chi connectivity index (χ2v) is 6.53. The third-order valence-corrected chi connectivity index (χ3v) is 4.36. The first-order chi connectivity index (χ1) is 13.9. The first kappa shape index (κ1) is 22.1. The molecule has 0 aliphatic heterocycles. The Balaban J connectivity index is 1.90. The van der Waals surface area contributed by atoms with E-state index < -0.39 is 12.1 Å². The van der Waals surface area contributed by atoms with Crippen molar-refractivity contribution in [2.75, 3.05) is 21.3 Å². The van der Waals surface area contributed by atoms with Gasteiger partial charge in [-0.15, -0.1) is 0 Å². The van der Waals surface area contributed by atoms with Crippen LogP contribution in [0.4, 0.5) is 0 Å². The van der Waals surface area contributed by atoms with Crippen LogP contribution in [0.3, 0.4) is 0 Å². The number of benzene rings is 2. The number of aryl methyl sites for hydroxylation is 1. The van der Waals surface area contributed by atoms with E-state index in [1.807, 2.05) is 25.1 Å². The van der Waals surface area contributed by atoms with Crippen LogP contribution >= 0.6 is 0 Å². The van der Waals surface area contributed by atoms with Crippen LogP contribution in [0.1, 0.15) is 23.6 Å². The lowest BCUT2D eigenvalue weighted by molar-refractivity contribution is -0.154. The first-order valence-corrected chi connectivity index (χ1v) is 9.19. The maximum atomic E-state index is 12.3. The van der Waals surface area contributed by atoms with Gasteiger partial charge in [-0.1, -0.05) is 23.8 Å². The predicted molar refractivity (Wildman–Crippen MR) is 108 cm³/mol. The molecule has 0 saturated heterocycles. The minimum Gasteiger partial charge on any atom is -0.496 e. The molecule has 0 saturated carbocycles. The zero-order valence-electron chi connectivity index (χ0n) is 17.4. The first-order valence-electron chi connectivity index (χ1n) is 9.19. The van der Waals surface area contributed by atoms with Crippen LogP contribution in [0.5, 0.6) is 17.2 Å². The summed E-state index contributed by atoms with van der Waals surface area (Å²) in [6.07, 6.45) is -0.892. The molecule has 1 N–H and O–H groups in total. The Labute approximate surface area is 170 Å². The fourth-order valence-corrected chi connectivity index (χ4v) is 2.82. The standard InChI is InChI=1S/C22H27NO6/c1-14-6-8-18(26-3)17(10-14)12-21(24)29-15(2)22(25)23-13-16-7-9-19(27-4)20(11-16)28-5/h6-11,15H,12-13H2,1-5H3,(H,23,25)/t15-/m0/s1. The van der Waals surface area contributed by atoms with Crippen LogP contribution < -0.4 is 19.5 Å². The van der Waals surface area contributed by atoms with E-state index >= 15 is 0 Å². The van der Waals surface area contributed by atoms with Crippen molar-refractivity contribution in [1.82, 2.24) is 5.32 Å². The van der Waals surface area contributed by atoms with Gasteiger partial charge in [0, 0.05) is 12.1 Å². The van der Waals surface area contributed by atoms with Crippen LogP contribution in [0.2, 0.25) is 0 Å². The molecule has 0 heterocycles. The maximum absolute atomic E-state index is 12.3. The minimum absolute atomic E-state index is 0.0259. The average Bonchev–Trinajstić information content (AvgIpc) is 2.71. The number of carbonyl (C=O) groups is 2. The number of esters is 1. The number of amides is 1. The number of ether oxygens (including phenoxy) is 4. The largest absolute Gasteiger partial charge is 0.496 e. The molecule has 156 valence electrons. The molecule has 0 bridgehead atoms. The topological polar surface area (TPSA) is 83.1 Å². The summed E-state index contributed by atoms with van der Waals surface area (Å²) in [5.74, 6) is 0.910. The van der Waals surface area contributed by atoms with Gasteiger partial charge in [-0.2, -0.15) is 0 Å². The number of nitrogens with one attached hydrogen (secondary N) is 1. The molecule has 7 heteroatoms. The number of carbonyl (C=O) groups excluding carboxylic acids is 2. The predicted octanol–water partition coefficient (Wildman–Crippen LogP) is 2.81. The van der Waals surface area contributed by atoms with Crippen molar-refractivity contribution in [2.24, 2.45) is 0 Å². The summed E-state index contributed by atoms with van der Waals surface area (Å²) in [7, 11) is 4.65. The highest BCUT2D eigenvalue weighted by Gasteiger charge is 2.19. The molecule has 2 aromatic rings. The monoisotopic (exact) mass is 401 g/mol. The van der Waals surface area contributed by atoms with Gasteiger partial charge in [0.25, 0.3) is 5.91 Å². The molecule has 1 amide bonds. The molecule has 0 aliphatic rings. The van der Waals surface area contributed by atoms with Crippen molar-refractivity contribution in [3.63, 3.8) is 0 Å². The lowest BCUT2D eigenvalue weighted by Crippen LogP contribution is -2.35. The number of hydrogen-bond donors (Lipinski definition) is 1. The second kappa shape index (κ2) is 10.4. The molecule has 2 rings (SSSR count). The fourth-order valence-electron chi connectivity index (χ4n) is 2.82. The fraction of sp³-hybridized carbons (Fsp3) is 0.364. The van der Waals surface area contributed by atoms with Crippen molar-refractivity contribution < 1.29 is 28.5 Å². The summed E-state index contributed by atoms with van der Waals surface area (Å²) in [5.41, 5.74) is 2.56. The normalized spacial score (nSPS) is 11.3. The Morgan fingerprint density at radius 3 is 2.24 bits per heavy atom. The zero-order chi connectivity index (χ0) is 21.4. The number of hydrogen-bond acceptors (Lipinski definition) is 6. The van der Waals surface area contributed by atoms with Gasteiger partial charge in [0.15, 0.2) is 17.6 Å². The summed E-state index contributed by atoms with van der Waals surface area (Å²) >= 11 is 0. The SMILES string of the molecule is COc1ccc(C)cc1CC(=O)O[C@@H](C)C(=O)NCc1ccc(OC)c(OC)c1. The van der Waals surface area contributed by atoms with Gasteiger partial charge in [-0.3, -0.25) is 9.59 Å². The number of rotatable bonds is 9. The van der Waals surface area contributed by atoms with Crippen LogP contribution in [-0.2, 0) is 27.3 Å². The molecule has 0 aromatic heterocycles. The van der Waals surface area contributed by atoms with Crippen LogP contribution in [-0.4, -0.2) is 39.3 Å². The van der Waals surface area contributed by atoms with Crippen molar-refractivity contribution in [3.8, 4) is 17.2 Å². The van der Waals surface area contributed by atoms with Crippen molar-refractivity contribution in [3.05, 3.63) is 53.1 Å². The third kappa shape index (κ3) is 6.14. The molecule has 0 spiro atoms. The van der Waals surface area contributed by atoms with Gasteiger partial charge in [0.1, 0.15) is 5.75 Å². The lowest BCUT2D eigenvalue weighted by Gasteiger charge is -2.15. The van der Waals surface area contributed by atoms with E-state index in [4.69, 9.17) is 18.9 Å². The van der Waals surface area contributed by atoms with E-state index in [2.05, 4.69) is 5.32 Å². The number of methoxy groups -OCH3 is 3. The van der Waals surface area contributed by atoms with E-state index in [9.17, 15) is 9.59 Å². The van der Waals surface area contributed by atoms with Crippen LogP contribution in [0.15, 0.2) is 36.4 Å². The van der Waals surface area contributed by atoms with Gasteiger partial charge >= 0.3 is 5.97 Å². The van der Waals surface area contributed by atoms with Crippen LogP contribution in [0, 0.1) is 6.92 Å². The van der Waals surface area contributed by atoms with Crippen LogP contribution in [0.25, 0.3) is 0 Å². The summed E-state index contributed by atoms with van der Waals surface area (Å²) in [6, 6.07) is 10.9. The summed E-state index contributed by atoms with van der Waals surface area (Å²) in [5, 5.41) is 2.75. The van der Waals surface area contributed by atoms with Crippen molar-refractivity contribution in [2.45, 2.75) is 32.9 Å². The van der Waals surface area contributed by atoms with Gasteiger partial charge in [0.2, 0.25) is 0 Å². The molecular weight excluding hydrogens is 374 g/mol. The highest BCUT2D eigenvalue weighted by atomic mass is 16.5. The van der Waals surface area contributed by atoms with E-state index in [0.717, 1.165) is 16.7 Å². The Hall–Kier alpha value is -3.22. The Morgan fingerprint density at radius 1 is 0.931 bits per heavy atom. The quantitative estimate of drug-likeness (QED) is 0.651. The highest BCUT2D eigenvalue weighted by molar-refractivity contribution is 5.84. The van der Waals surface area contributed by atoms with Gasteiger partial charge < -0.3 is 24.3 Å². The maximum Gasteiger partial charge on any atom is 0.311 e. The smallest absolute Gasteiger partial charge is 0.311 e. The molecular formula is C22H27NO6. The molecule has 0 aliphatic carbocycles. The highest BCUT2D eigenvalue weighted by Crippen LogP contribution is 2.27. The van der Waals surface area contributed by atoms with E-state index in [0.29, 0.717) is 17.2 Å². The molecule has 0 unspecified atom stereocenters. The van der Waals surface area contributed by atoms with E-state index in [1.165, 1.54) is 6.92 Å². The molecule has 29 heavy (non-hydrogen) atoms.